The van der Waals surface area contributed by atoms with Gasteiger partial charge in [-0.05, 0) is 80.3 Å². The van der Waals surface area contributed by atoms with Crippen LogP contribution in [0.3, 0.4) is 0 Å². The number of ether oxygens (including phenoxy) is 2. The van der Waals surface area contributed by atoms with Crippen molar-refractivity contribution in [2.24, 2.45) is 22.7 Å². The Hall–Kier alpha value is -5.17. The molecular formula is C49H63N9O7SSi. The molecule has 9 rings (SSSR count). The zero-order valence-corrected chi connectivity index (χ0v) is 42.0. The highest BCUT2D eigenvalue weighted by Gasteiger charge is 2.93. The number of likely N-dealkylation sites (tertiary alicyclic amines) is 1. The van der Waals surface area contributed by atoms with E-state index in [4.69, 9.17) is 19.4 Å². The van der Waals surface area contributed by atoms with Crippen molar-refractivity contribution in [3.05, 3.63) is 58.2 Å². The standard InChI is InChI=1S/C49H63N9O7SSi/c1-11-56-35-15-14-29-20-31(35)32(40(56)30-13-12-17-51-38(30)28(5)64-10)21-47(6,7)25-65-43(61)33-19-27(4)23-58(54-33)45(62)48(22-37-52-34(29)24-66-37)44-49(48,67-44)53-42(60)39(26(2)3)55(9)46(63)57-18-16-36(57)41(59)50-8/h12-15,17,20,24,26-28,33,36,39,44,54H,11,16,18-19,21-23,25H2,1-10H3,(H,50,59)(H,53,60)/t27?,28-,33-,36-,39-,44?,48?,49?/m0/s1. The molecule has 7 heterocycles. The van der Waals surface area contributed by atoms with Crippen molar-refractivity contribution in [3.63, 3.8) is 0 Å². The summed E-state index contributed by atoms with van der Waals surface area (Å²) >= 11 is 1.50. The van der Waals surface area contributed by atoms with Crippen LogP contribution in [-0.4, -0.2) is 133 Å². The number of cyclic esters (lactones) is 1. The van der Waals surface area contributed by atoms with Crippen molar-refractivity contribution in [1.82, 2.24) is 45.4 Å². The van der Waals surface area contributed by atoms with Crippen molar-refractivity contribution in [2.75, 3.05) is 40.9 Å². The average molecular weight is 950 g/mol. The van der Waals surface area contributed by atoms with Crippen LogP contribution < -0.4 is 16.1 Å². The summed E-state index contributed by atoms with van der Waals surface area (Å²) in [6, 6.07) is 7.95. The number of fused-ring (bicyclic) bond motifs is 9. The Balaban J connectivity index is 1.10. The molecule has 4 unspecified atom stereocenters. The topological polar surface area (TPSA) is 180 Å². The zero-order chi connectivity index (χ0) is 47.9. The first-order chi connectivity index (χ1) is 31.9. The molecule has 1 aliphatic carbocycles. The fourth-order valence-electron chi connectivity index (χ4n) is 11.0. The minimum absolute atomic E-state index is 0.0177. The van der Waals surface area contributed by atoms with Crippen LogP contribution in [0.1, 0.15) is 83.7 Å². The van der Waals surface area contributed by atoms with Gasteiger partial charge in [-0.15, -0.1) is 11.3 Å². The van der Waals surface area contributed by atoms with E-state index in [9.17, 15) is 19.2 Å². The number of likely N-dealkylation sites (N-methyl/N-ethyl adjacent to an activating group) is 2. The van der Waals surface area contributed by atoms with Crippen LogP contribution in [0, 0.1) is 22.7 Å². The van der Waals surface area contributed by atoms with Crippen LogP contribution in [-0.2, 0) is 48.0 Å². The molecule has 3 saturated heterocycles. The average Bonchev–Trinajstić information content (AvgIpc) is 3.98. The maximum Gasteiger partial charge on any atom is 0.324 e. The largest absolute Gasteiger partial charge is 0.464 e. The number of benzene rings is 1. The van der Waals surface area contributed by atoms with Gasteiger partial charge in [0.05, 0.1) is 49.7 Å². The molecule has 16 nitrogen and oxygen atoms in total. The summed E-state index contributed by atoms with van der Waals surface area (Å²) in [6.07, 6.45) is 3.47. The Labute approximate surface area is 398 Å². The van der Waals surface area contributed by atoms with Gasteiger partial charge in [0.25, 0.3) is 0 Å². The van der Waals surface area contributed by atoms with E-state index in [0.717, 1.165) is 49.7 Å². The lowest BCUT2D eigenvalue weighted by Crippen LogP contribution is -2.64. The van der Waals surface area contributed by atoms with Gasteiger partial charge in [-0.3, -0.25) is 29.2 Å². The summed E-state index contributed by atoms with van der Waals surface area (Å²) < 4.78 is 14.4. The van der Waals surface area contributed by atoms with Gasteiger partial charge < -0.3 is 34.5 Å². The molecule has 4 aromatic rings. The predicted octanol–water partition coefficient (Wildman–Crippen LogP) is 5.18. The molecule has 4 aliphatic heterocycles. The highest BCUT2D eigenvalue weighted by molar-refractivity contribution is 7.10. The molecule has 2 radical (unpaired) electrons. The number of hydrogen-bond acceptors (Lipinski definition) is 11. The molecule has 5 amide bonds. The molecule has 4 fully saturated rings. The van der Waals surface area contributed by atoms with Crippen molar-refractivity contribution in [1.29, 1.82) is 0 Å². The van der Waals surface area contributed by atoms with E-state index in [1.54, 1.807) is 32.4 Å². The van der Waals surface area contributed by atoms with E-state index in [-0.39, 0.29) is 57.3 Å². The van der Waals surface area contributed by atoms with E-state index >= 15 is 4.79 Å². The van der Waals surface area contributed by atoms with E-state index in [2.05, 4.69) is 65.7 Å². The summed E-state index contributed by atoms with van der Waals surface area (Å²) in [5.41, 5.74) is 8.42. The fraction of sp³-hybridized carbons (Fsp3) is 0.571. The van der Waals surface area contributed by atoms with Gasteiger partial charge in [0, 0.05) is 91.4 Å². The van der Waals surface area contributed by atoms with Gasteiger partial charge in [-0.2, -0.15) is 0 Å². The van der Waals surface area contributed by atoms with Gasteiger partial charge in [0.2, 0.25) is 17.7 Å². The van der Waals surface area contributed by atoms with E-state index in [1.165, 1.54) is 21.1 Å². The number of methoxy groups -OCH3 is 1. The molecule has 18 heteroatoms. The SMILES string of the molecule is CCn1c(-c2cccnc2[C@H](C)OC)c2c3cc(ccc31)-c1csc(n1)CC1(C(=O)N3CC(C)C[C@H](N3)C(=O)OCC(C)(C)C2)C2[Si]C21NC(=O)[C@H](C(C)C)N(C)C(=O)N1CC[C@H]1C(=O)NC. The maximum absolute atomic E-state index is 15.3. The lowest BCUT2D eigenvalue weighted by atomic mass is 9.84. The van der Waals surface area contributed by atoms with Crippen molar-refractivity contribution < 1.29 is 33.4 Å². The Morgan fingerprint density at radius 2 is 1.93 bits per heavy atom. The molecule has 3 aromatic heterocycles. The number of nitrogens with zero attached hydrogens (tertiary/aromatic N) is 6. The minimum atomic E-state index is -1.03. The number of rotatable bonds is 9. The number of thiazole rings is 1. The van der Waals surface area contributed by atoms with E-state index in [1.807, 2.05) is 39.1 Å². The Kier molecular flexibility index (Phi) is 12.2. The normalized spacial score (nSPS) is 27.4. The Morgan fingerprint density at radius 1 is 1.15 bits per heavy atom. The summed E-state index contributed by atoms with van der Waals surface area (Å²) in [6.45, 7) is 15.9. The molecule has 5 aliphatic rings. The van der Waals surface area contributed by atoms with Crippen molar-refractivity contribution >= 4 is 61.5 Å². The van der Waals surface area contributed by atoms with Crippen molar-refractivity contribution in [2.45, 2.75) is 116 Å². The third-order valence-corrected chi connectivity index (χ3v) is 17.9. The monoisotopic (exact) mass is 949 g/mol. The third kappa shape index (κ3) is 7.84. The molecule has 67 heavy (non-hydrogen) atoms. The summed E-state index contributed by atoms with van der Waals surface area (Å²) in [5.74, 6) is -1.47. The van der Waals surface area contributed by atoms with Crippen LogP contribution >= 0.6 is 11.3 Å². The maximum atomic E-state index is 15.3. The van der Waals surface area contributed by atoms with Gasteiger partial charge in [-0.25, -0.2) is 15.2 Å². The number of pyridine rings is 1. The first kappa shape index (κ1) is 46.9. The number of carbonyl (C=O) groups is 5. The molecule has 8 atom stereocenters. The number of hydrogen-bond donors (Lipinski definition) is 3. The number of aryl methyl sites for hydroxylation is 1. The summed E-state index contributed by atoms with van der Waals surface area (Å²) in [5, 5.41) is 10.6. The second-order valence-corrected chi connectivity index (χ2v) is 22.9. The summed E-state index contributed by atoms with van der Waals surface area (Å²) in [7, 11) is 5.13. The van der Waals surface area contributed by atoms with Crippen molar-refractivity contribution in [3.8, 4) is 22.5 Å². The first-order valence-electron chi connectivity index (χ1n) is 23.6. The molecule has 3 N–H and O–H groups in total. The number of esters is 1. The second-order valence-electron chi connectivity index (χ2n) is 20.3. The van der Waals surface area contributed by atoms with E-state index in [0.29, 0.717) is 45.3 Å². The fourth-order valence-corrected chi connectivity index (χ4v) is 14.0. The number of urea groups is 1. The Bertz CT molecular complexity index is 2650. The number of nitrogens with one attached hydrogen (secondary N) is 3. The lowest BCUT2D eigenvalue weighted by molar-refractivity contribution is -0.157. The van der Waals surface area contributed by atoms with Gasteiger partial charge >= 0.3 is 12.0 Å². The predicted molar refractivity (Wildman–Crippen MR) is 256 cm³/mol. The van der Waals surface area contributed by atoms with Crippen LogP contribution in [0.4, 0.5) is 4.79 Å². The zero-order valence-electron chi connectivity index (χ0n) is 40.2. The van der Waals surface area contributed by atoms with Gasteiger partial charge in [-0.1, -0.05) is 40.7 Å². The third-order valence-electron chi connectivity index (χ3n) is 14.8. The second kappa shape index (κ2) is 17.4. The molecular weight excluding hydrogens is 887 g/mol. The number of amides is 5. The van der Waals surface area contributed by atoms with E-state index < -0.39 is 46.1 Å². The number of aromatic nitrogens is 3. The quantitative estimate of drug-likeness (QED) is 0.150. The van der Waals surface area contributed by atoms with Crippen LogP contribution in [0.15, 0.2) is 41.9 Å². The lowest BCUT2D eigenvalue weighted by Gasteiger charge is -2.43. The molecule has 6 bridgehead atoms. The smallest absolute Gasteiger partial charge is 0.324 e. The van der Waals surface area contributed by atoms with Crippen LogP contribution in [0.25, 0.3) is 33.4 Å². The van der Waals surface area contributed by atoms with Crippen LogP contribution in [0.5, 0.6) is 0 Å². The minimum Gasteiger partial charge on any atom is -0.464 e. The molecule has 1 saturated carbocycles. The molecule has 356 valence electrons. The molecule has 1 aromatic carbocycles. The highest BCUT2D eigenvalue weighted by Crippen LogP contribution is 2.81. The number of hydrazine groups is 1. The van der Waals surface area contributed by atoms with Gasteiger partial charge in [0.1, 0.15) is 18.1 Å². The van der Waals surface area contributed by atoms with Crippen LogP contribution in [0.2, 0.25) is 5.54 Å². The van der Waals surface area contributed by atoms with Gasteiger partial charge in [0.15, 0.2) is 0 Å². The first-order valence-corrected chi connectivity index (χ1v) is 25.5. The summed E-state index contributed by atoms with van der Waals surface area (Å²) in [4.78, 5) is 83.3. The Morgan fingerprint density at radius 3 is 2.60 bits per heavy atom. The highest BCUT2D eigenvalue weighted by atomic mass is 32.1. The number of carbonyl (C=O) groups excluding carboxylic acids is 5. The molecule has 1 spiro atoms.